The molecule has 233 valence electrons. The van der Waals surface area contributed by atoms with E-state index in [1.165, 1.54) is 16.6 Å². The third-order valence-electron chi connectivity index (χ3n) is 8.16. The van der Waals surface area contributed by atoms with Gasteiger partial charge in [0.1, 0.15) is 0 Å². The molecule has 0 amide bonds. The first-order valence-corrected chi connectivity index (χ1v) is 15.4. The van der Waals surface area contributed by atoms with Crippen LogP contribution in [-0.2, 0) is 32.1 Å². The minimum absolute atomic E-state index is 0. The molecular formula is C40H36IrN4O-2. The van der Waals surface area contributed by atoms with Crippen molar-refractivity contribution in [2.75, 3.05) is 0 Å². The maximum absolute atomic E-state index is 6.08. The Labute approximate surface area is 283 Å². The summed E-state index contributed by atoms with van der Waals surface area (Å²) in [6.45, 7) is 13.1. The molecular weight excluding hydrogens is 745 g/mol. The first-order chi connectivity index (χ1) is 21.6. The van der Waals surface area contributed by atoms with Gasteiger partial charge in [-0.2, -0.15) is 0 Å². The van der Waals surface area contributed by atoms with Crippen LogP contribution < -0.4 is 0 Å². The van der Waals surface area contributed by atoms with Gasteiger partial charge in [0.05, 0.1) is 28.0 Å². The maximum Gasteiger partial charge on any atom is 0.216 e. The van der Waals surface area contributed by atoms with Gasteiger partial charge in [0.25, 0.3) is 0 Å². The zero-order valence-electron chi connectivity index (χ0n) is 27.0. The van der Waals surface area contributed by atoms with Crippen molar-refractivity contribution in [1.29, 1.82) is 0 Å². The van der Waals surface area contributed by atoms with Crippen molar-refractivity contribution in [3.05, 3.63) is 120 Å². The number of hydrogen-bond donors (Lipinski definition) is 0. The number of aromatic nitrogens is 4. The second kappa shape index (κ2) is 12.1. The fourth-order valence-corrected chi connectivity index (χ4v) is 6.17. The average Bonchev–Trinajstić information content (AvgIpc) is 3.59. The molecule has 7 aromatic rings. The predicted molar refractivity (Wildman–Crippen MR) is 184 cm³/mol. The van der Waals surface area contributed by atoms with Gasteiger partial charge in [-0.05, 0) is 68.1 Å². The molecule has 6 heteroatoms. The van der Waals surface area contributed by atoms with Crippen LogP contribution in [-0.4, -0.2) is 19.5 Å². The molecule has 0 atom stereocenters. The summed E-state index contributed by atoms with van der Waals surface area (Å²) < 4.78 is 8.40. The Morgan fingerprint density at radius 3 is 2.52 bits per heavy atom. The van der Waals surface area contributed by atoms with Crippen LogP contribution in [0.1, 0.15) is 51.4 Å². The number of fused-ring (bicyclic) bond motifs is 3. The van der Waals surface area contributed by atoms with Crippen LogP contribution in [0.25, 0.3) is 61.8 Å². The zero-order valence-corrected chi connectivity index (χ0v) is 29.4. The van der Waals surface area contributed by atoms with Crippen LogP contribution in [0, 0.1) is 24.5 Å². The van der Waals surface area contributed by atoms with Gasteiger partial charge < -0.3 is 14.0 Å². The summed E-state index contributed by atoms with van der Waals surface area (Å²) in [5.74, 6) is 0.988. The average molecular weight is 781 g/mol. The number of allylic oxidation sites excluding steroid dienone is 1. The van der Waals surface area contributed by atoms with Crippen molar-refractivity contribution in [1.82, 2.24) is 19.5 Å². The van der Waals surface area contributed by atoms with Crippen molar-refractivity contribution in [2.24, 2.45) is 5.41 Å². The Hall–Kier alpha value is -4.38. The molecule has 8 rings (SSSR count). The summed E-state index contributed by atoms with van der Waals surface area (Å²) >= 11 is 0. The summed E-state index contributed by atoms with van der Waals surface area (Å²) in [7, 11) is 0. The van der Waals surface area contributed by atoms with E-state index in [4.69, 9.17) is 9.40 Å². The van der Waals surface area contributed by atoms with E-state index < -0.39 is 0 Å². The minimum atomic E-state index is -0.0812. The van der Waals surface area contributed by atoms with Gasteiger partial charge in [-0.15, -0.1) is 54.1 Å². The molecule has 5 heterocycles. The first-order valence-electron chi connectivity index (χ1n) is 15.4. The minimum Gasteiger partial charge on any atom is -0.486 e. The van der Waals surface area contributed by atoms with Crippen molar-refractivity contribution in [2.45, 2.75) is 53.5 Å². The molecule has 3 aromatic carbocycles. The number of hydrogen-bond acceptors (Lipinski definition) is 4. The van der Waals surface area contributed by atoms with Gasteiger partial charge in [0.2, 0.25) is 5.71 Å². The van der Waals surface area contributed by atoms with Gasteiger partial charge in [0, 0.05) is 37.4 Å². The number of pyridine rings is 2. The van der Waals surface area contributed by atoms with Gasteiger partial charge in [0.15, 0.2) is 0 Å². The fourth-order valence-electron chi connectivity index (χ4n) is 6.17. The van der Waals surface area contributed by atoms with Gasteiger partial charge in [-0.3, -0.25) is 4.98 Å². The molecule has 0 N–H and O–H groups in total. The molecule has 0 bridgehead atoms. The standard InChI is InChI=1S/C22H21N2O.C18H15N2.Ir/c1-14-8-9-17-16-6-5-7-18(20(16)25-21(17)24-14)19-12-15(10-11-23-19)13-22(2,3)4;1-18(2)12-11-13-9-6-10-15-16(13)20(18)17(19-15)14-7-4-3-5-8-14;/h5-6,8-12H,13H2,1-4H3;3-7,9-12H,1-2H3;/q2*-1;. The molecule has 0 fully saturated rings. The number of aryl methyl sites for hydroxylation is 1. The molecule has 0 aliphatic carbocycles. The molecule has 5 nitrogen and oxygen atoms in total. The van der Waals surface area contributed by atoms with E-state index in [0.717, 1.165) is 56.6 Å². The summed E-state index contributed by atoms with van der Waals surface area (Å²) in [6.07, 6.45) is 7.30. The number of imidazole rings is 1. The SMILES string of the molecule is CC1(C)C=Cc2cccc3nc(-c4[c-]cccc4)n1c23.Cc1ccc2c(n1)oc1c(-c3cc(CC(C)(C)C)ccn3)[c-]ccc12.[Ir]. The van der Waals surface area contributed by atoms with E-state index >= 15 is 0 Å². The number of rotatable bonds is 3. The Kier molecular flexibility index (Phi) is 8.30. The second-order valence-electron chi connectivity index (χ2n) is 13.5. The van der Waals surface area contributed by atoms with E-state index in [0.29, 0.717) is 5.71 Å². The van der Waals surface area contributed by atoms with Crippen molar-refractivity contribution in [3.8, 4) is 22.6 Å². The normalized spacial score (nSPS) is 13.4. The smallest absolute Gasteiger partial charge is 0.216 e. The monoisotopic (exact) mass is 781 g/mol. The van der Waals surface area contributed by atoms with E-state index in [2.05, 4.69) is 116 Å². The molecule has 0 saturated carbocycles. The van der Waals surface area contributed by atoms with E-state index in [-0.39, 0.29) is 31.1 Å². The van der Waals surface area contributed by atoms with Gasteiger partial charge in [-0.25, -0.2) is 4.98 Å². The third-order valence-corrected chi connectivity index (χ3v) is 8.16. The molecule has 46 heavy (non-hydrogen) atoms. The van der Waals surface area contributed by atoms with Crippen LogP contribution >= 0.6 is 0 Å². The largest absolute Gasteiger partial charge is 0.486 e. The molecule has 0 saturated heterocycles. The zero-order chi connectivity index (χ0) is 31.3. The molecule has 1 aliphatic rings. The molecule has 4 aromatic heterocycles. The van der Waals surface area contributed by atoms with Gasteiger partial charge in [-0.1, -0.05) is 67.6 Å². The van der Waals surface area contributed by atoms with Gasteiger partial charge >= 0.3 is 0 Å². The molecule has 1 radical (unpaired) electrons. The van der Waals surface area contributed by atoms with Crippen LogP contribution in [0.3, 0.4) is 0 Å². The van der Waals surface area contributed by atoms with Crippen LogP contribution in [0.4, 0.5) is 0 Å². The topological polar surface area (TPSA) is 56.7 Å². The van der Waals surface area contributed by atoms with E-state index in [9.17, 15) is 0 Å². The Bertz CT molecular complexity index is 2220. The van der Waals surface area contributed by atoms with E-state index in [1.54, 1.807) is 0 Å². The summed E-state index contributed by atoms with van der Waals surface area (Å²) in [4.78, 5) is 13.9. The molecule has 0 unspecified atom stereocenters. The Morgan fingerprint density at radius 1 is 0.891 bits per heavy atom. The third kappa shape index (κ3) is 5.95. The maximum atomic E-state index is 6.08. The second-order valence-corrected chi connectivity index (χ2v) is 13.5. The summed E-state index contributed by atoms with van der Waals surface area (Å²) in [5, 5.41) is 2.08. The van der Waals surface area contributed by atoms with Crippen molar-refractivity contribution >= 4 is 39.2 Å². The quantitative estimate of drug-likeness (QED) is 0.168. The van der Waals surface area contributed by atoms with Crippen LogP contribution in [0.15, 0.2) is 95.6 Å². The summed E-state index contributed by atoms with van der Waals surface area (Å²) in [5.41, 5.74) is 10.2. The first kappa shape index (κ1) is 31.6. The molecule has 1 aliphatic heterocycles. The Morgan fingerprint density at radius 2 is 1.74 bits per heavy atom. The number of benzene rings is 3. The fraction of sp³-hybridized carbons (Fsp3) is 0.225. The number of furan rings is 1. The van der Waals surface area contributed by atoms with Crippen LogP contribution in [0.2, 0.25) is 0 Å². The number of para-hydroxylation sites is 1. The van der Waals surface area contributed by atoms with E-state index in [1.807, 2.05) is 49.5 Å². The molecule has 0 spiro atoms. The van der Waals surface area contributed by atoms with Crippen LogP contribution in [0.5, 0.6) is 0 Å². The van der Waals surface area contributed by atoms with Crippen molar-refractivity contribution < 1.29 is 24.5 Å². The summed E-state index contributed by atoms with van der Waals surface area (Å²) in [6, 6.07) is 33.2. The van der Waals surface area contributed by atoms with Crippen molar-refractivity contribution in [3.63, 3.8) is 0 Å². The number of nitrogens with zero attached hydrogens (tertiary/aromatic N) is 4. The Balaban J connectivity index is 0.000000162. The predicted octanol–water partition coefficient (Wildman–Crippen LogP) is 10.0.